The van der Waals surface area contributed by atoms with Crippen LogP contribution in [0, 0.1) is 5.92 Å². The zero-order valence-corrected chi connectivity index (χ0v) is 9.88. The number of benzene rings is 1. The summed E-state index contributed by atoms with van der Waals surface area (Å²) in [6, 6.07) is 7.13. The van der Waals surface area contributed by atoms with E-state index in [0.29, 0.717) is 11.5 Å². The van der Waals surface area contributed by atoms with Gasteiger partial charge in [0.2, 0.25) is 0 Å². The molecule has 0 aliphatic rings. The molecule has 0 aliphatic heterocycles. The van der Waals surface area contributed by atoms with Gasteiger partial charge in [0.05, 0.1) is 5.56 Å². The monoisotopic (exact) mass is 228 g/mol. The predicted molar refractivity (Wildman–Crippen MR) is 63.8 cm³/mol. The molecule has 1 aromatic carbocycles. The number of carboxylic acids is 1. The molecule has 1 unspecified atom stereocenters. The van der Waals surface area contributed by atoms with Crippen molar-refractivity contribution in [1.82, 2.24) is 0 Å². The van der Waals surface area contributed by atoms with Crippen molar-refractivity contribution in [3.8, 4) is 0 Å². The summed E-state index contributed by atoms with van der Waals surface area (Å²) in [5, 5.41) is 8.70. The Morgan fingerprint density at radius 2 is 1.87 bits per heavy atom. The lowest BCUT2D eigenvalue weighted by Gasteiger charge is -2.07. The normalized spacial score (nSPS) is 11.6. The first-order chi connectivity index (χ1) is 6.63. The van der Waals surface area contributed by atoms with Crippen LogP contribution in [0.1, 0.15) is 36.2 Å². The molecule has 3 heteroatoms. The van der Waals surface area contributed by atoms with Gasteiger partial charge in [-0.15, -0.1) is 12.4 Å². The van der Waals surface area contributed by atoms with Crippen LogP contribution in [0.4, 0.5) is 0 Å². The summed E-state index contributed by atoms with van der Waals surface area (Å²) >= 11 is 0. The lowest BCUT2D eigenvalue weighted by Crippen LogP contribution is -1.99. The first kappa shape index (κ1) is 14.0. The van der Waals surface area contributed by atoms with Gasteiger partial charge < -0.3 is 5.11 Å². The fourth-order valence-electron chi connectivity index (χ4n) is 1.33. The molecule has 0 radical (unpaired) electrons. The smallest absolute Gasteiger partial charge is 0.335 e. The minimum atomic E-state index is -0.861. The Kier molecular flexibility index (Phi) is 6.02. The van der Waals surface area contributed by atoms with Crippen LogP contribution in [-0.2, 0) is 6.42 Å². The fourth-order valence-corrected chi connectivity index (χ4v) is 1.33. The molecular weight excluding hydrogens is 212 g/mol. The number of carbonyl (C=O) groups is 1. The van der Waals surface area contributed by atoms with Crippen molar-refractivity contribution in [3.63, 3.8) is 0 Å². The van der Waals surface area contributed by atoms with Gasteiger partial charge in [0.25, 0.3) is 0 Å². The zero-order chi connectivity index (χ0) is 10.6. The Balaban J connectivity index is 0.00000196. The van der Waals surface area contributed by atoms with Gasteiger partial charge >= 0.3 is 5.97 Å². The molecule has 0 aromatic heterocycles. The standard InChI is InChI=1S/C12H16O2.ClH/c1-3-9(2)8-10-4-6-11(7-5-10)12(13)14;/h4-7,9H,3,8H2,1-2H3,(H,13,14);1H. The average Bonchev–Trinajstić information content (AvgIpc) is 2.18. The largest absolute Gasteiger partial charge is 0.478 e. The molecule has 0 amide bonds. The highest BCUT2D eigenvalue weighted by molar-refractivity contribution is 5.87. The second-order valence-electron chi connectivity index (χ2n) is 3.72. The minimum absolute atomic E-state index is 0. The van der Waals surface area contributed by atoms with E-state index in [1.807, 2.05) is 12.1 Å². The van der Waals surface area contributed by atoms with Gasteiger partial charge in [-0.05, 0) is 30.0 Å². The number of hydrogen-bond donors (Lipinski definition) is 1. The number of aromatic carboxylic acids is 1. The lowest BCUT2D eigenvalue weighted by atomic mass is 9.98. The van der Waals surface area contributed by atoms with Gasteiger partial charge in [-0.25, -0.2) is 4.79 Å². The van der Waals surface area contributed by atoms with Crippen LogP contribution in [0.2, 0.25) is 0 Å². The van der Waals surface area contributed by atoms with Gasteiger partial charge in [-0.2, -0.15) is 0 Å². The molecule has 0 fully saturated rings. The van der Waals surface area contributed by atoms with E-state index < -0.39 is 5.97 Å². The summed E-state index contributed by atoms with van der Waals surface area (Å²) in [4.78, 5) is 10.6. The fraction of sp³-hybridized carbons (Fsp3) is 0.417. The van der Waals surface area contributed by atoms with Gasteiger partial charge in [-0.1, -0.05) is 32.4 Å². The zero-order valence-electron chi connectivity index (χ0n) is 9.06. The molecule has 0 spiro atoms. The predicted octanol–water partition coefficient (Wildman–Crippen LogP) is 3.40. The summed E-state index contributed by atoms with van der Waals surface area (Å²) in [5.41, 5.74) is 1.57. The Morgan fingerprint density at radius 1 is 1.33 bits per heavy atom. The Morgan fingerprint density at radius 3 is 2.27 bits per heavy atom. The molecule has 1 atom stereocenters. The topological polar surface area (TPSA) is 37.3 Å². The van der Waals surface area contributed by atoms with Crippen LogP contribution >= 0.6 is 12.4 Å². The molecule has 0 saturated heterocycles. The third-order valence-corrected chi connectivity index (χ3v) is 2.48. The molecule has 1 aromatic rings. The third-order valence-electron chi connectivity index (χ3n) is 2.48. The third kappa shape index (κ3) is 4.34. The Labute approximate surface area is 96.7 Å². The van der Waals surface area contributed by atoms with E-state index in [9.17, 15) is 4.79 Å². The van der Waals surface area contributed by atoms with Crippen molar-refractivity contribution in [3.05, 3.63) is 35.4 Å². The van der Waals surface area contributed by atoms with Gasteiger partial charge in [-0.3, -0.25) is 0 Å². The molecule has 0 heterocycles. The van der Waals surface area contributed by atoms with E-state index in [1.54, 1.807) is 12.1 Å². The number of hydrogen-bond acceptors (Lipinski definition) is 1. The first-order valence-electron chi connectivity index (χ1n) is 4.95. The molecule has 84 valence electrons. The van der Waals surface area contributed by atoms with E-state index in [-0.39, 0.29) is 12.4 Å². The summed E-state index contributed by atoms with van der Waals surface area (Å²) < 4.78 is 0. The summed E-state index contributed by atoms with van der Waals surface area (Å²) in [6.07, 6.45) is 2.18. The van der Waals surface area contributed by atoms with Crippen molar-refractivity contribution < 1.29 is 9.90 Å². The Bertz CT molecular complexity index is 306. The van der Waals surface area contributed by atoms with Crippen molar-refractivity contribution in [2.75, 3.05) is 0 Å². The molecule has 0 bridgehead atoms. The van der Waals surface area contributed by atoms with Gasteiger partial charge in [0.1, 0.15) is 0 Å². The highest BCUT2D eigenvalue weighted by atomic mass is 35.5. The molecule has 1 N–H and O–H groups in total. The molecule has 1 rings (SSSR count). The summed E-state index contributed by atoms with van der Waals surface area (Å²) in [5.74, 6) is -0.203. The Hall–Kier alpha value is -1.02. The van der Waals surface area contributed by atoms with Crippen molar-refractivity contribution in [2.45, 2.75) is 26.7 Å². The minimum Gasteiger partial charge on any atom is -0.478 e. The second-order valence-corrected chi connectivity index (χ2v) is 3.72. The second kappa shape index (κ2) is 6.46. The molecule has 0 aliphatic carbocycles. The molecule has 0 saturated carbocycles. The van der Waals surface area contributed by atoms with Crippen molar-refractivity contribution in [2.24, 2.45) is 5.92 Å². The number of rotatable bonds is 4. The van der Waals surface area contributed by atoms with E-state index in [4.69, 9.17) is 5.11 Å². The summed E-state index contributed by atoms with van der Waals surface area (Å²) in [7, 11) is 0. The van der Waals surface area contributed by atoms with E-state index in [1.165, 1.54) is 5.56 Å². The SMILES string of the molecule is CCC(C)Cc1ccc(C(=O)O)cc1.Cl. The van der Waals surface area contributed by atoms with Gasteiger partial charge in [0.15, 0.2) is 0 Å². The van der Waals surface area contributed by atoms with Crippen LogP contribution in [-0.4, -0.2) is 11.1 Å². The van der Waals surface area contributed by atoms with Crippen LogP contribution in [0.25, 0.3) is 0 Å². The molecule has 2 nitrogen and oxygen atoms in total. The maximum atomic E-state index is 10.6. The van der Waals surface area contributed by atoms with Crippen LogP contribution in [0.3, 0.4) is 0 Å². The van der Waals surface area contributed by atoms with Crippen LogP contribution in [0.15, 0.2) is 24.3 Å². The number of halogens is 1. The molecule has 15 heavy (non-hydrogen) atoms. The highest BCUT2D eigenvalue weighted by Gasteiger charge is 2.03. The maximum absolute atomic E-state index is 10.6. The van der Waals surface area contributed by atoms with E-state index >= 15 is 0 Å². The van der Waals surface area contributed by atoms with Crippen LogP contribution < -0.4 is 0 Å². The number of carboxylic acid groups (broad SMARTS) is 1. The molecular formula is C12H17ClO2. The van der Waals surface area contributed by atoms with Crippen LogP contribution in [0.5, 0.6) is 0 Å². The van der Waals surface area contributed by atoms with Crippen molar-refractivity contribution >= 4 is 18.4 Å². The highest BCUT2D eigenvalue weighted by Crippen LogP contribution is 2.12. The van der Waals surface area contributed by atoms with E-state index in [0.717, 1.165) is 12.8 Å². The summed E-state index contributed by atoms with van der Waals surface area (Å²) in [6.45, 7) is 4.36. The first-order valence-corrected chi connectivity index (χ1v) is 4.95. The quantitative estimate of drug-likeness (QED) is 0.858. The lowest BCUT2D eigenvalue weighted by molar-refractivity contribution is 0.0697. The van der Waals surface area contributed by atoms with Crippen molar-refractivity contribution in [1.29, 1.82) is 0 Å². The average molecular weight is 229 g/mol. The maximum Gasteiger partial charge on any atom is 0.335 e. The van der Waals surface area contributed by atoms with Gasteiger partial charge in [0, 0.05) is 0 Å². The van der Waals surface area contributed by atoms with E-state index in [2.05, 4.69) is 13.8 Å².